The van der Waals surface area contributed by atoms with Crippen molar-refractivity contribution in [2.24, 2.45) is 0 Å². The maximum atomic E-state index is 13.7. The first kappa shape index (κ1) is 31.2. The third-order valence-electron chi connectivity index (χ3n) is 5.60. The van der Waals surface area contributed by atoms with Gasteiger partial charge in [-0.3, -0.25) is 10.1 Å². The van der Waals surface area contributed by atoms with E-state index in [1.807, 2.05) is 4.90 Å². The number of nitrogens with zero attached hydrogens (tertiary/aromatic N) is 3. The van der Waals surface area contributed by atoms with E-state index in [0.717, 1.165) is 17.0 Å². The molecule has 1 aromatic carbocycles. The Kier molecular flexibility index (Phi) is 11.5. The van der Waals surface area contributed by atoms with Crippen LogP contribution in [0.15, 0.2) is 41.8 Å². The van der Waals surface area contributed by atoms with Gasteiger partial charge in [-0.1, -0.05) is 22.9 Å². The molecule has 0 aliphatic rings. The molecule has 1 unspecified atom stereocenters. The van der Waals surface area contributed by atoms with Gasteiger partial charge in [0.05, 0.1) is 16.6 Å². The van der Waals surface area contributed by atoms with Gasteiger partial charge in [0.25, 0.3) is 0 Å². The summed E-state index contributed by atoms with van der Waals surface area (Å²) in [6.45, 7) is 2.38. The minimum absolute atomic E-state index is 0.0265. The van der Waals surface area contributed by atoms with Crippen molar-refractivity contribution in [3.8, 4) is 11.6 Å². The number of rotatable bonds is 15. The quantitative estimate of drug-likeness (QED) is 0.101. The molecule has 10 nitrogen and oxygen atoms in total. The number of ether oxygens (including phenoxy) is 1. The molecule has 0 saturated carbocycles. The lowest BCUT2D eigenvalue weighted by Crippen LogP contribution is -2.27. The molecule has 1 atom stereocenters. The lowest BCUT2D eigenvalue weighted by atomic mass is 10.0. The number of alkyl halides is 2. The van der Waals surface area contributed by atoms with E-state index in [0.29, 0.717) is 24.8 Å². The number of hydrogen-bond acceptors (Lipinski definition) is 10. The molecule has 0 aliphatic carbocycles. The SMILES string of the molecule is Cc1nc(OCCO)cc(Cl)c1C(Cc1ccsc1[N+](=O)[O-])S(=O)(=O)Oc1ccc(N(CCCl)CCCl)cc1. The highest BCUT2D eigenvalue weighted by Gasteiger charge is 2.36. The smallest absolute Gasteiger partial charge is 0.327 e. The molecule has 0 saturated heterocycles. The number of aliphatic hydroxyl groups excluding tert-OH is 1. The van der Waals surface area contributed by atoms with Crippen molar-refractivity contribution < 1.29 is 27.4 Å². The van der Waals surface area contributed by atoms with Crippen LogP contribution in [-0.2, 0) is 16.5 Å². The number of thiophene rings is 1. The molecule has 39 heavy (non-hydrogen) atoms. The van der Waals surface area contributed by atoms with Crippen molar-refractivity contribution >= 4 is 66.9 Å². The van der Waals surface area contributed by atoms with Gasteiger partial charge in [0, 0.05) is 59.8 Å². The molecule has 0 radical (unpaired) electrons. The molecule has 15 heteroatoms. The third-order valence-corrected chi connectivity index (χ3v) is 8.69. The normalized spacial score (nSPS) is 12.2. The first-order valence-corrected chi connectivity index (χ1v) is 15.4. The van der Waals surface area contributed by atoms with Crippen molar-refractivity contribution in [1.29, 1.82) is 0 Å². The summed E-state index contributed by atoms with van der Waals surface area (Å²) in [5.41, 5.74) is 1.36. The number of nitro groups is 1. The van der Waals surface area contributed by atoms with Crippen LogP contribution in [0.1, 0.15) is 22.1 Å². The summed E-state index contributed by atoms with van der Waals surface area (Å²) in [6.07, 6.45) is -0.279. The Hall–Kier alpha value is -2.35. The van der Waals surface area contributed by atoms with Crippen molar-refractivity contribution in [3.05, 3.63) is 73.7 Å². The van der Waals surface area contributed by atoms with Crippen LogP contribution in [0.2, 0.25) is 5.02 Å². The number of halogens is 3. The minimum atomic E-state index is -4.45. The van der Waals surface area contributed by atoms with Crippen LogP contribution in [0.4, 0.5) is 10.7 Å². The van der Waals surface area contributed by atoms with Gasteiger partial charge in [-0.25, -0.2) is 4.98 Å². The molecule has 0 fully saturated rings. The van der Waals surface area contributed by atoms with Gasteiger partial charge < -0.3 is 18.9 Å². The summed E-state index contributed by atoms with van der Waals surface area (Å²) in [4.78, 5) is 17.2. The van der Waals surface area contributed by atoms with Crippen LogP contribution in [0.3, 0.4) is 0 Å². The molecular weight excluding hydrogens is 613 g/mol. The number of aliphatic hydroxyl groups is 1. The maximum absolute atomic E-state index is 13.7. The van der Waals surface area contributed by atoms with Crippen LogP contribution in [0.5, 0.6) is 11.6 Å². The monoisotopic (exact) mass is 637 g/mol. The molecule has 0 amide bonds. The standard InChI is InChI=1S/C24H26Cl3N3O7S2/c1-16-23(20(27)15-22(28-16)36-12-11-31)21(14-17-6-13-38-24(17)30(32)33)39(34,35)37-19-4-2-18(3-5-19)29(9-7-25)10-8-26/h2-6,13,15,21,31H,7-12,14H2,1H3. The first-order chi connectivity index (χ1) is 18.6. The minimum Gasteiger partial charge on any atom is -0.475 e. The Morgan fingerprint density at radius 2 is 1.85 bits per heavy atom. The van der Waals surface area contributed by atoms with Crippen molar-refractivity contribution in [2.45, 2.75) is 18.6 Å². The van der Waals surface area contributed by atoms with E-state index in [9.17, 15) is 18.5 Å². The van der Waals surface area contributed by atoms with Crippen LogP contribution >= 0.6 is 46.1 Å². The average molecular weight is 639 g/mol. The van der Waals surface area contributed by atoms with E-state index >= 15 is 0 Å². The lowest BCUT2D eigenvalue weighted by Gasteiger charge is -2.23. The molecule has 0 spiro atoms. The van der Waals surface area contributed by atoms with Crippen molar-refractivity contribution in [1.82, 2.24) is 4.98 Å². The summed E-state index contributed by atoms with van der Waals surface area (Å²) >= 11 is 19.2. The van der Waals surface area contributed by atoms with Gasteiger partial charge in [-0.2, -0.15) is 8.42 Å². The van der Waals surface area contributed by atoms with Gasteiger partial charge in [0.2, 0.25) is 5.88 Å². The fourth-order valence-electron chi connectivity index (χ4n) is 3.90. The Morgan fingerprint density at radius 1 is 1.18 bits per heavy atom. The largest absolute Gasteiger partial charge is 0.475 e. The molecule has 212 valence electrons. The summed E-state index contributed by atoms with van der Waals surface area (Å²) in [7, 11) is -4.45. The summed E-state index contributed by atoms with van der Waals surface area (Å²) in [6, 6.07) is 9.22. The maximum Gasteiger partial charge on any atom is 0.327 e. The molecule has 3 rings (SSSR count). The zero-order valence-electron chi connectivity index (χ0n) is 20.8. The molecule has 2 heterocycles. The van der Waals surface area contributed by atoms with Gasteiger partial charge in [0.1, 0.15) is 17.6 Å². The highest BCUT2D eigenvalue weighted by atomic mass is 35.5. The zero-order chi connectivity index (χ0) is 28.6. The predicted molar refractivity (Wildman–Crippen MR) is 154 cm³/mol. The summed E-state index contributed by atoms with van der Waals surface area (Å²) in [5.74, 6) is 0.920. The average Bonchev–Trinajstić information content (AvgIpc) is 3.35. The predicted octanol–water partition coefficient (Wildman–Crippen LogP) is 5.36. The van der Waals surface area contributed by atoms with E-state index in [1.165, 1.54) is 29.6 Å². The number of benzene rings is 1. The zero-order valence-corrected chi connectivity index (χ0v) is 24.7. The van der Waals surface area contributed by atoms with E-state index < -0.39 is 20.3 Å². The van der Waals surface area contributed by atoms with Crippen molar-refractivity contribution in [2.75, 3.05) is 43.0 Å². The highest BCUT2D eigenvalue weighted by molar-refractivity contribution is 7.87. The topological polar surface area (TPSA) is 132 Å². The third kappa shape index (κ3) is 8.09. The van der Waals surface area contributed by atoms with Gasteiger partial charge in [-0.05, 0) is 42.6 Å². The Morgan fingerprint density at radius 3 is 2.41 bits per heavy atom. The number of hydrogen-bond donors (Lipinski definition) is 1. The lowest BCUT2D eigenvalue weighted by molar-refractivity contribution is -0.380. The molecule has 3 aromatic rings. The fraction of sp³-hybridized carbons (Fsp3) is 0.375. The second-order valence-corrected chi connectivity index (χ2v) is 11.9. The van der Waals surface area contributed by atoms with E-state index in [2.05, 4.69) is 4.98 Å². The fourth-order valence-corrected chi connectivity index (χ4v) is 6.95. The first-order valence-electron chi connectivity index (χ1n) is 11.6. The van der Waals surface area contributed by atoms with Crippen LogP contribution in [0.25, 0.3) is 0 Å². The number of pyridine rings is 1. The molecule has 1 N–H and O–H groups in total. The van der Waals surface area contributed by atoms with Gasteiger partial charge in [0.15, 0.2) is 0 Å². The number of anilines is 1. The molecule has 2 aromatic heterocycles. The van der Waals surface area contributed by atoms with Crippen LogP contribution < -0.4 is 13.8 Å². The van der Waals surface area contributed by atoms with Gasteiger partial charge in [-0.15, -0.1) is 23.2 Å². The Labute approximate surface area is 245 Å². The summed E-state index contributed by atoms with van der Waals surface area (Å²) in [5, 5.41) is 20.5. The molecule has 0 aliphatic heterocycles. The van der Waals surface area contributed by atoms with Gasteiger partial charge >= 0.3 is 15.1 Å². The van der Waals surface area contributed by atoms with Crippen LogP contribution in [-0.4, -0.2) is 61.5 Å². The summed E-state index contributed by atoms with van der Waals surface area (Å²) < 4.78 is 38.2. The van der Waals surface area contributed by atoms with Crippen LogP contribution in [0, 0.1) is 17.0 Å². The second kappa shape index (κ2) is 14.3. The van der Waals surface area contributed by atoms with E-state index in [4.69, 9.17) is 48.8 Å². The Balaban J connectivity index is 2.00. The molecular formula is C24H26Cl3N3O7S2. The highest BCUT2D eigenvalue weighted by Crippen LogP contribution is 2.39. The van der Waals surface area contributed by atoms with Crippen molar-refractivity contribution in [3.63, 3.8) is 0 Å². The second-order valence-electron chi connectivity index (χ2n) is 8.15. The number of aryl methyl sites for hydroxylation is 1. The van der Waals surface area contributed by atoms with E-state index in [1.54, 1.807) is 19.1 Å². The number of aromatic nitrogens is 1. The Bertz CT molecular complexity index is 1340. The van der Waals surface area contributed by atoms with E-state index in [-0.39, 0.29) is 58.1 Å². The molecule has 0 bridgehead atoms.